The largest absolute Gasteiger partial charge is 0.494 e. The number of aryl methyl sites for hydroxylation is 2. The van der Waals surface area contributed by atoms with E-state index in [4.69, 9.17) is 9.47 Å². The van der Waals surface area contributed by atoms with Gasteiger partial charge in [-0.05, 0) is 68.5 Å². The SMILES string of the molecule is COC(=O)c1cccn1C1CCN(CCCOc2ccc(C)c(C)c2)CC1. The molecule has 2 heterocycles. The summed E-state index contributed by atoms with van der Waals surface area (Å²) in [6, 6.07) is 10.4. The second-order valence-corrected chi connectivity index (χ2v) is 7.31. The Morgan fingerprint density at radius 3 is 2.63 bits per heavy atom. The van der Waals surface area contributed by atoms with E-state index < -0.39 is 0 Å². The third-order valence-electron chi connectivity index (χ3n) is 5.49. The van der Waals surface area contributed by atoms with Gasteiger partial charge in [0.25, 0.3) is 0 Å². The summed E-state index contributed by atoms with van der Waals surface area (Å²) in [7, 11) is 1.43. The number of esters is 1. The van der Waals surface area contributed by atoms with Crippen LogP contribution in [0.3, 0.4) is 0 Å². The van der Waals surface area contributed by atoms with E-state index in [-0.39, 0.29) is 5.97 Å². The smallest absolute Gasteiger partial charge is 0.354 e. The number of aromatic nitrogens is 1. The molecule has 0 saturated carbocycles. The first-order chi connectivity index (χ1) is 13.1. The summed E-state index contributed by atoms with van der Waals surface area (Å²) in [4.78, 5) is 14.4. The minimum absolute atomic E-state index is 0.258. The monoisotopic (exact) mass is 370 g/mol. The molecule has 1 fully saturated rings. The zero-order valence-corrected chi connectivity index (χ0v) is 16.6. The van der Waals surface area contributed by atoms with Crippen molar-refractivity contribution >= 4 is 5.97 Å². The number of rotatable bonds is 7. The van der Waals surface area contributed by atoms with Gasteiger partial charge in [-0.15, -0.1) is 0 Å². The minimum atomic E-state index is -0.258. The van der Waals surface area contributed by atoms with Crippen molar-refractivity contribution in [2.75, 3.05) is 33.4 Å². The summed E-state index contributed by atoms with van der Waals surface area (Å²) < 4.78 is 12.8. The highest BCUT2D eigenvalue weighted by molar-refractivity contribution is 5.87. The average Bonchev–Trinajstić information content (AvgIpc) is 3.17. The number of likely N-dealkylation sites (tertiary alicyclic amines) is 1. The first-order valence-electron chi connectivity index (χ1n) is 9.76. The van der Waals surface area contributed by atoms with Crippen LogP contribution in [0.15, 0.2) is 36.5 Å². The van der Waals surface area contributed by atoms with Gasteiger partial charge in [0, 0.05) is 31.9 Å². The van der Waals surface area contributed by atoms with Crippen LogP contribution in [0.1, 0.15) is 46.9 Å². The molecule has 3 rings (SSSR count). The summed E-state index contributed by atoms with van der Waals surface area (Å²) in [5.74, 6) is 0.700. The fourth-order valence-corrected chi connectivity index (χ4v) is 3.69. The topological polar surface area (TPSA) is 43.7 Å². The maximum Gasteiger partial charge on any atom is 0.354 e. The van der Waals surface area contributed by atoms with E-state index in [1.165, 1.54) is 18.2 Å². The van der Waals surface area contributed by atoms with E-state index in [1.54, 1.807) is 0 Å². The van der Waals surface area contributed by atoms with E-state index in [9.17, 15) is 4.79 Å². The van der Waals surface area contributed by atoms with Crippen molar-refractivity contribution < 1.29 is 14.3 Å². The zero-order chi connectivity index (χ0) is 19.2. The molecule has 0 N–H and O–H groups in total. The Morgan fingerprint density at radius 1 is 1.15 bits per heavy atom. The number of nitrogens with zero attached hydrogens (tertiary/aromatic N) is 2. The highest BCUT2D eigenvalue weighted by atomic mass is 16.5. The molecule has 1 aromatic carbocycles. The Morgan fingerprint density at radius 2 is 1.93 bits per heavy atom. The minimum Gasteiger partial charge on any atom is -0.494 e. The quantitative estimate of drug-likeness (QED) is 0.546. The Kier molecular flexibility index (Phi) is 6.56. The molecule has 0 unspecified atom stereocenters. The van der Waals surface area contributed by atoms with Crippen LogP contribution in [0, 0.1) is 13.8 Å². The number of hydrogen-bond acceptors (Lipinski definition) is 4. The van der Waals surface area contributed by atoms with Gasteiger partial charge in [0.15, 0.2) is 0 Å². The number of carbonyl (C=O) groups is 1. The molecule has 0 bridgehead atoms. The number of benzene rings is 1. The first-order valence-corrected chi connectivity index (χ1v) is 9.76. The lowest BCUT2D eigenvalue weighted by atomic mass is 10.0. The van der Waals surface area contributed by atoms with Crippen molar-refractivity contribution in [2.45, 2.75) is 39.2 Å². The molecule has 5 nitrogen and oxygen atoms in total. The first kappa shape index (κ1) is 19.5. The van der Waals surface area contributed by atoms with Crippen LogP contribution < -0.4 is 4.74 Å². The van der Waals surface area contributed by atoms with E-state index in [1.807, 2.05) is 24.4 Å². The van der Waals surface area contributed by atoms with E-state index in [0.29, 0.717) is 11.7 Å². The molecule has 0 atom stereocenters. The van der Waals surface area contributed by atoms with Crippen molar-refractivity contribution in [3.05, 3.63) is 53.3 Å². The summed E-state index contributed by atoms with van der Waals surface area (Å²) in [5, 5.41) is 0. The third-order valence-corrected chi connectivity index (χ3v) is 5.49. The predicted molar refractivity (Wildman–Crippen MR) is 107 cm³/mol. The second kappa shape index (κ2) is 9.09. The number of carbonyl (C=O) groups excluding carboxylic acids is 1. The fourth-order valence-electron chi connectivity index (χ4n) is 3.69. The van der Waals surface area contributed by atoms with Crippen LogP contribution >= 0.6 is 0 Å². The molecule has 1 aliphatic rings. The molecule has 27 heavy (non-hydrogen) atoms. The van der Waals surface area contributed by atoms with Gasteiger partial charge in [-0.25, -0.2) is 4.79 Å². The summed E-state index contributed by atoms with van der Waals surface area (Å²) >= 11 is 0. The van der Waals surface area contributed by atoms with E-state index >= 15 is 0 Å². The van der Waals surface area contributed by atoms with Gasteiger partial charge in [0.1, 0.15) is 11.4 Å². The highest BCUT2D eigenvalue weighted by Gasteiger charge is 2.23. The van der Waals surface area contributed by atoms with Crippen LogP contribution in [0.5, 0.6) is 5.75 Å². The Bertz CT molecular complexity index is 761. The molecule has 0 amide bonds. The van der Waals surface area contributed by atoms with Crippen molar-refractivity contribution in [3.8, 4) is 5.75 Å². The molecular formula is C22H30N2O3. The lowest BCUT2D eigenvalue weighted by Crippen LogP contribution is -2.36. The van der Waals surface area contributed by atoms with Gasteiger partial charge in [-0.1, -0.05) is 6.07 Å². The summed E-state index contributed by atoms with van der Waals surface area (Å²) in [6.07, 6.45) is 5.12. The van der Waals surface area contributed by atoms with Crippen molar-refractivity contribution in [1.82, 2.24) is 9.47 Å². The van der Waals surface area contributed by atoms with Crippen LogP contribution in [0.2, 0.25) is 0 Å². The number of methoxy groups -OCH3 is 1. The molecular weight excluding hydrogens is 340 g/mol. The van der Waals surface area contributed by atoms with Gasteiger partial charge >= 0.3 is 5.97 Å². The Labute approximate surface area is 161 Å². The predicted octanol–water partition coefficient (Wildman–Crippen LogP) is 4.00. The van der Waals surface area contributed by atoms with Gasteiger partial charge in [0.2, 0.25) is 0 Å². The normalized spacial score (nSPS) is 15.7. The second-order valence-electron chi connectivity index (χ2n) is 7.31. The average molecular weight is 370 g/mol. The molecule has 1 aromatic heterocycles. The molecule has 5 heteroatoms. The third kappa shape index (κ3) is 4.92. The van der Waals surface area contributed by atoms with Gasteiger partial charge in [-0.3, -0.25) is 0 Å². The Balaban J connectivity index is 1.40. The van der Waals surface area contributed by atoms with Gasteiger partial charge in [0.05, 0.1) is 13.7 Å². The summed E-state index contributed by atoms with van der Waals surface area (Å²) in [6.45, 7) is 8.12. The standard InChI is InChI=1S/C22H30N2O3/c1-17-7-8-20(16-18(17)2)27-15-5-11-23-13-9-19(10-14-23)24-12-4-6-21(24)22(25)26-3/h4,6-8,12,16,19H,5,9-11,13-15H2,1-3H3. The molecule has 1 saturated heterocycles. The van der Waals surface area contributed by atoms with Crippen LogP contribution in [-0.2, 0) is 4.74 Å². The van der Waals surface area contributed by atoms with Crippen molar-refractivity contribution in [1.29, 1.82) is 0 Å². The molecule has 0 aliphatic carbocycles. The Hall–Kier alpha value is -2.27. The fraction of sp³-hybridized carbons (Fsp3) is 0.500. The summed E-state index contributed by atoms with van der Waals surface area (Å²) in [5.41, 5.74) is 3.21. The van der Waals surface area contributed by atoms with Crippen LogP contribution in [0.25, 0.3) is 0 Å². The molecule has 146 valence electrons. The molecule has 2 aromatic rings. The maximum atomic E-state index is 11.9. The van der Waals surface area contributed by atoms with E-state index in [2.05, 4.69) is 35.4 Å². The molecule has 1 aliphatic heterocycles. The zero-order valence-electron chi connectivity index (χ0n) is 16.6. The van der Waals surface area contributed by atoms with Crippen molar-refractivity contribution in [2.24, 2.45) is 0 Å². The molecule has 0 radical (unpaired) electrons. The van der Waals surface area contributed by atoms with Crippen LogP contribution in [0.4, 0.5) is 0 Å². The van der Waals surface area contributed by atoms with E-state index in [0.717, 1.165) is 51.3 Å². The van der Waals surface area contributed by atoms with Crippen LogP contribution in [-0.4, -0.2) is 48.8 Å². The van der Waals surface area contributed by atoms with Gasteiger partial charge in [-0.2, -0.15) is 0 Å². The number of hydrogen-bond donors (Lipinski definition) is 0. The highest BCUT2D eigenvalue weighted by Crippen LogP contribution is 2.25. The van der Waals surface area contributed by atoms with Crippen molar-refractivity contribution in [3.63, 3.8) is 0 Å². The van der Waals surface area contributed by atoms with Gasteiger partial charge < -0.3 is 18.9 Å². The lowest BCUT2D eigenvalue weighted by molar-refractivity contribution is 0.0581. The number of ether oxygens (including phenoxy) is 2. The number of piperidine rings is 1. The molecule has 0 spiro atoms. The maximum absolute atomic E-state index is 11.9. The lowest BCUT2D eigenvalue weighted by Gasteiger charge is -2.33.